The third-order valence-electron chi connectivity index (χ3n) is 5.37. The molecule has 0 unspecified atom stereocenters. The van der Waals surface area contributed by atoms with Gasteiger partial charge in [-0.05, 0) is 25.0 Å². The van der Waals surface area contributed by atoms with Crippen LogP contribution in [0, 0.1) is 0 Å². The van der Waals surface area contributed by atoms with E-state index in [1.54, 1.807) is 17.8 Å². The summed E-state index contributed by atoms with van der Waals surface area (Å²) in [5, 5.41) is 12.2. The number of nitrogens with zero attached hydrogens (tertiary/aromatic N) is 4. The molecule has 3 aromatic rings. The maximum absolute atomic E-state index is 13.8. The van der Waals surface area contributed by atoms with E-state index in [1.165, 1.54) is 11.3 Å². The molecule has 9 nitrogen and oxygen atoms in total. The minimum absolute atomic E-state index is 0.0202. The molecule has 4 rings (SSSR count). The molecule has 11 heteroatoms. The van der Waals surface area contributed by atoms with E-state index < -0.39 is 12.2 Å². The topological polar surface area (TPSA) is 122 Å². The Morgan fingerprint density at radius 2 is 2.22 bits per heavy atom. The Labute approximate surface area is 189 Å². The van der Waals surface area contributed by atoms with Gasteiger partial charge < -0.3 is 20.7 Å². The van der Waals surface area contributed by atoms with Crippen LogP contribution in [0.4, 0.5) is 15.9 Å². The van der Waals surface area contributed by atoms with Gasteiger partial charge in [0.1, 0.15) is 22.7 Å². The van der Waals surface area contributed by atoms with Crippen molar-refractivity contribution in [3.05, 3.63) is 41.3 Å². The lowest BCUT2D eigenvalue weighted by molar-refractivity contribution is 0.0295. The zero-order chi connectivity index (χ0) is 22.7. The Morgan fingerprint density at radius 3 is 2.97 bits per heavy atom. The van der Waals surface area contributed by atoms with Crippen molar-refractivity contribution in [2.24, 2.45) is 5.73 Å². The predicted molar refractivity (Wildman–Crippen MR) is 122 cm³/mol. The first-order valence-corrected chi connectivity index (χ1v) is 11.2. The second-order valence-corrected chi connectivity index (χ2v) is 8.83. The van der Waals surface area contributed by atoms with Crippen LogP contribution in [0.3, 0.4) is 0 Å². The lowest BCUT2D eigenvalue weighted by Crippen LogP contribution is -2.32. The van der Waals surface area contributed by atoms with Gasteiger partial charge in [-0.15, -0.1) is 11.3 Å². The lowest BCUT2D eigenvalue weighted by atomic mass is 10.0. The number of aromatic amines is 1. The first kappa shape index (κ1) is 22.3. The highest BCUT2D eigenvalue weighted by atomic mass is 32.1. The Kier molecular flexibility index (Phi) is 6.77. The fraction of sp³-hybridized carbons (Fsp3) is 0.429. The monoisotopic (exact) mass is 459 g/mol. The fourth-order valence-corrected chi connectivity index (χ4v) is 4.22. The van der Waals surface area contributed by atoms with E-state index in [9.17, 15) is 9.18 Å². The molecule has 4 N–H and O–H groups in total. The van der Waals surface area contributed by atoms with E-state index in [0.717, 1.165) is 11.4 Å². The number of nitrogens with one attached hydrogen (secondary N) is 2. The summed E-state index contributed by atoms with van der Waals surface area (Å²) in [7, 11) is 3.85. The van der Waals surface area contributed by atoms with Crippen molar-refractivity contribution in [1.82, 2.24) is 20.2 Å². The number of thiazole rings is 1. The standard InChI is InChI=1S/C21H26FN7O2S/c1-29(2)19-6-3-12(8-24-19)21-27-18(11-32-21)20(30)26-17-9-25-28-16(17)7-13-4-5-15(23)14(22)10-31-13/h3,6,8-9,11,13-15H,4-5,7,10,23H2,1-2H3,(H,25,28)(H,26,30)/t13-,14+,15+/m0/s1. The van der Waals surface area contributed by atoms with Crippen LogP contribution in [0.25, 0.3) is 10.6 Å². The molecule has 3 atom stereocenters. The molecule has 0 radical (unpaired) electrons. The Morgan fingerprint density at radius 1 is 1.38 bits per heavy atom. The summed E-state index contributed by atoms with van der Waals surface area (Å²) < 4.78 is 19.4. The molecule has 4 heterocycles. The third-order valence-corrected chi connectivity index (χ3v) is 6.26. The molecule has 0 bridgehead atoms. The average Bonchev–Trinajstić information content (AvgIpc) is 3.41. The van der Waals surface area contributed by atoms with Gasteiger partial charge >= 0.3 is 0 Å². The molecule has 1 aliphatic heterocycles. The highest BCUT2D eigenvalue weighted by Crippen LogP contribution is 2.26. The largest absolute Gasteiger partial charge is 0.375 e. The minimum atomic E-state index is -1.16. The molecule has 0 spiro atoms. The number of anilines is 2. The van der Waals surface area contributed by atoms with Gasteiger partial charge in [-0.25, -0.2) is 14.4 Å². The van der Waals surface area contributed by atoms with Gasteiger partial charge in [0.05, 0.1) is 30.3 Å². The number of carbonyl (C=O) groups excluding carboxylic acids is 1. The summed E-state index contributed by atoms with van der Waals surface area (Å²) in [6.45, 7) is -0.0202. The number of amides is 1. The van der Waals surface area contributed by atoms with Gasteiger partial charge in [0.2, 0.25) is 0 Å². The van der Waals surface area contributed by atoms with E-state index in [2.05, 4.69) is 25.5 Å². The number of H-pyrrole nitrogens is 1. The van der Waals surface area contributed by atoms with E-state index in [1.807, 2.05) is 31.1 Å². The van der Waals surface area contributed by atoms with Crippen LogP contribution in [0.2, 0.25) is 0 Å². The van der Waals surface area contributed by atoms with E-state index >= 15 is 0 Å². The van der Waals surface area contributed by atoms with Crippen LogP contribution in [0.1, 0.15) is 29.0 Å². The highest BCUT2D eigenvalue weighted by molar-refractivity contribution is 7.13. The number of hydrogen-bond acceptors (Lipinski definition) is 8. The van der Waals surface area contributed by atoms with Crippen LogP contribution in [0.15, 0.2) is 29.9 Å². The SMILES string of the molecule is CN(C)c1ccc(-c2nc(C(=O)Nc3cn[nH]c3C[C@@H]3CC[C@@H](N)[C@H](F)CO3)cs2)cn1. The van der Waals surface area contributed by atoms with Gasteiger partial charge in [0.25, 0.3) is 5.91 Å². The number of hydrogen-bond donors (Lipinski definition) is 3. The van der Waals surface area contributed by atoms with Crippen LogP contribution in [-0.4, -0.2) is 65.1 Å². The summed E-state index contributed by atoms with van der Waals surface area (Å²) in [6.07, 6.45) is 3.60. The molecule has 170 valence electrons. The van der Waals surface area contributed by atoms with E-state index in [4.69, 9.17) is 10.5 Å². The number of ether oxygens (including phenoxy) is 1. The van der Waals surface area contributed by atoms with Crippen LogP contribution in [-0.2, 0) is 11.2 Å². The van der Waals surface area contributed by atoms with Crippen molar-refractivity contribution in [2.75, 3.05) is 30.9 Å². The van der Waals surface area contributed by atoms with Crippen molar-refractivity contribution < 1.29 is 13.9 Å². The number of carbonyl (C=O) groups is 1. The summed E-state index contributed by atoms with van der Waals surface area (Å²) >= 11 is 1.38. The van der Waals surface area contributed by atoms with Gasteiger partial charge in [0, 0.05) is 43.7 Å². The molecule has 1 saturated heterocycles. The van der Waals surface area contributed by atoms with Crippen molar-refractivity contribution in [3.8, 4) is 10.6 Å². The maximum Gasteiger partial charge on any atom is 0.275 e. The van der Waals surface area contributed by atoms with Gasteiger partial charge in [0.15, 0.2) is 0 Å². The minimum Gasteiger partial charge on any atom is -0.375 e. The number of aromatic nitrogens is 4. The third kappa shape index (κ3) is 5.12. The predicted octanol–water partition coefficient (Wildman–Crippen LogP) is 2.63. The van der Waals surface area contributed by atoms with Crippen molar-refractivity contribution >= 4 is 28.7 Å². The van der Waals surface area contributed by atoms with E-state index in [-0.39, 0.29) is 18.6 Å². The second kappa shape index (κ2) is 9.72. The Hall–Kier alpha value is -2.89. The maximum atomic E-state index is 13.8. The molecule has 1 aliphatic rings. The van der Waals surface area contributed by atoms with Gasteiger partial charge in [-0.2, -0.15) is 5.10 Å². The number of rotatable bonds is 6. The number of alkyl halides is 1. The Balaban J connectivity index is 1.40. The first-order valence-electron chi connectivity index (χ1n) is 10.3. The highest BCUT2D eigenvalue weighted by Gasteiger charge is 2.26. The fourth-order valence-electron chi connectivity index (χ4n) is 3.43. The summed E-state index contributed by atoms with van der Waals surface area (Å²) in [6, 6.07) is 3.33. The van der Waals surface area contributed by atoms with Crippen LogP contribution >= 0.6 is 11.3 Å². The lowest BCUT2D eigenvalue weighted by Gasteiger charge is -2.15. The molecular weight excluding hydrogens is 433 g/mol. The summed E-state index contributed by atoms with van der Waals surface area (Å²) in [5.74, 6) is 0.512. The smallest absolute Gasteiger partial charge is 0.275 e. The van der Waals surface area contributed by atoms with Crippen molar-refractivity contribution in [1.29, 1.82) is 0 Å². The van der Waals surface area contributed by atoms with Gasteiger partial charge in [-0.1, -0.05) is 0 Å². The molecule has 3 aromatic heterocycles. The van der Waals surface area contributed by atoms with Crippen molar-refractivity contribution in [3.63, 3.8) is 0 Å². The Bertz CT molecular complexity index is 1040. The van der Waals surface area contributed by atoms with Crippen LogP contribution < -0.4 is 16.0 Å². The number of nitrogens with two attached hydrogens (primary N) is 1. The van der Waals surface area contributed by atoms with E-state index in [0.29, 0.717) is 41.3 Å². The first-order chi connectivity index (χ1) is 15.4. The average molecular weight is 460 g/mol. The second-order valence-electron chi connectivity index (χ2n) is 7.97. The number of pyridine rings is 1. The molecular formula is C21H26FN7O2S. The summed E-state index contributed by atoms with van der Waals surface area (Å²) in [4.78, 5) is 23.5. The molecule has 1 amide bonds. The quantitative estimate of drug-likeness (QED) is 0.518. The molecule has 0 saturated carbocycles. The zero-order valence-corrected chi connectivity index (χ0v) is 18.7. The van der Waals surface area contributed by atoms with Crippen molar-refractivity contribution in [2.45, 2.75) is 37.6 Å². The molecule has 32 heavy (non-hydrogen) atoms. The van der Waals surface area contributed by atoms with Gasteiger partial charge in [-0.3, -0.25) is 9.89 Å². The van der Waals surface area contributed by atoms with Crippen LogP contribution in [0.5, 0.6) is 0 Å². The normalized spacial score (nSPS) is 21.2. The summed E-state index contributed by atoms with van der Waals surface area (Å²) in [5.41, 5.74) is 8.22. The molecule has 1 fully saturated rings. The zero-order valence-electron chi connectivity index (χ0n) is 17.9. The molecule has 0 aliphatic carbocycles. The number of halogens is 1. The molecule has 0 aromatic carbocycles.